The molecule has 0 N–H and O–H groups in total. The number of pyridine rings is 1. The van der Waals surface area contributed by atoms with E-state index in [2.05, 4.69) is 59.6 Å². The molecule has 2 nitrogen and oxygen atoms in total. The molecule has 2 aromatic carbocycles. The molecule has 0 atom stereocenters. The van der Waals surface area contributed by atoms with Crippen molar-refractivity contribution in [1.29, 1.82) is 0 Å². The Kier molecular flexibility index (Phi) is 3.86. The van der Waals surface area contributed by atoms with Gasteiger partial charge in [-0.2, -0.15) is 0 Å². The first-order valence-electron chi connectivity index (χ1n) is 7.42. The van der Waals surface area contributed by atoms with Crippen LogP contribution in [0.3, 0.4) is 0 Å². The van der Waals surface area contributed by atoms with Crippen LogP contribution >= 0.6 is 11.8 Å². The number of nitrogens with zero attached hydrogens (tertiary/aromatic N) is 1. The fraction of sp³-hybridized carbons (Fsp3) is 0.0500. The normalized spacial score (nSPS) is 11.0. The molecule has 0 spiro atoms. The van der Waals surface area contributed by atoms with E-state index in [1.807, 2.05) is 30.1 Å². The zero-order valence-corrected chi connectivity index (χ0v) is 13.2. The van der Waals surface area contributed by atoms with Crippen LogP contribution in [0, 0.1) is 6.07 Å². The molecule has 4 rings (SSSR count). The number of thioether (sulfide) groups is 1. The van der Waals surface area contributed by atoms with Crippen molar-refractivity contribution in [2.75, 3.05) is 0 Å². The van der Waals surface area contributed by atoms with E-state index in [1.165, 1.54) is 10.5 Å². The first kappa shape index (κ1) is 14.1. The molecule has 0 bridgehead atoms. The summed E-state index contributed by atoms with van der Waals surface area (Å²) in [7, 11) is 0. The van der Waals surface area contributed by atoms with Gasteiger partial charge in [0.05, 0.1) is 6.26 Å². The molecule has 111 valence electrons. The van der Waals surface area contributed by atoms with Crippen LogP contribution in [-0.4, -0.2) is 4.98 Å². The van der Waals surface area contributed by atoms with E-state index in [4.69, 9.17) is 4.42 Å². The quantitative estimate of drug-likeness (QED) is 0.459. The van der Waals surface area contributed by atoms with Gasteiger partial charge in [0.2, 0.25) is 5.71 Å². The Balaban J connectivity index is 1.66. The number of aromatic nitrogens is 1. The Morgan fingerprint density at radius 2 is 1.78 bits per heavy atom. The van der Waals surface area contributed by atoms with Gasteiger partial charge < -0.3 is 4.42 Å². The third kappa shape index (κ3) is 3.01. The van der Waals surface area contributed by atoms with E-state index in [9.17, 15) is 0 Å². The fourth-order valence-corrected chi connectivity index (χ4v) is 3.51. The molecule has 2 aromatic heterocycles. The van der Waals surface area contributed by atoms with Gasteiger partial charge in [-0.15, -0.1) is 11.8 Å². The van der Waals surface area contributed by atoms with Gasteiger partial charge in [0.1, 0.15) is 0 Å². The summed E-state index contributed by atoms with van der Waals surface area (Å²) in [6, 6.07) is 24.2. The molecule has 3 heteroatoms. The van der Waals surface area contributed by atoms with E-state index >= 15 is 0 Å². The monoisotopic (exact) mass is 316 g/mol. The highest BCUT2D eigenvalue weighted by molar-refractivity contribution is 7.98. The predicted octanol–water partition coefficient (Wildman–Crippen LogP) is 5.59. The highest BCUT2D eigenvalue weighted by atomic mass is 32.2. The van der Waals surface area contributed by atoms with Crippen LogP contribution in [0.25, 0.3) is 22.2 Å². The first-order chi connectivity index (χ1) is 11.4. The van der Waals surface area contributed by atoms with Crippen molar-refractivity contribution >= 4 is 22.9 Å². The minimum atomic E-state index is 0.628. The Hall–Kier alpha value is -2.52. The van der Waals surface area contributed by atoms with Crippen LogP contribution in [0.1, 0.15) is 5.56 Å². The second-order valence-corrected chi connectivity index (χ2v) is 6.22. The summed E-state index contributed by atoms with van der Waals surface area (Å²) in [5.41, 5.74) is 4.10. The van der Waals surface area contributed by atoms with Gasteiger partial charge >= 0.3 is 0 Å². The molecule has 1 radical (unpaired) electrons. The maximum Gasteiger partial charge on any atom is 0.226 e. The minimum Gasteiger partial charge on any atom is -0.446 e. The molecule has 0 aliphatic rings. The lowest BCUT2D eigenvalue weighted by Crippen LogP contribution is -1.86. The summed E-state index contributed by atoms with van der Waals surface area (Å²) in [5, 5.41) is 0.908. The average molecular weight is 316 g/mol. The Bertz CT molecular complexity index is 930. The number of hydrogen-bond donors (Lipinski definition) is 0. The van der Waals surface area contributed by atoms with Crippen LogP contribution in [0.4, 0.5) is 0 Å². The molecule has 0 aliphatic carbocycles. The van der Waals surface area contributed by atoms with Crippen molar-refractivity contribution < 1.29 is 4.42 Å². The van der Waals surface area contributed by atoms with Crippen molar-refractivity contribution in [3.63, 3.8) is 0 Å². The maximum absolute atomic E-state index is 5.30. The van der Waals surface area contributed by atoms with E-state index in [1.54, 1.807) is 6.26 Å². The summed E-state index contributed by atoms with van der Waals surface area (Å²) in [5.74, 6) is 0.944. The lowest BCUT2D eigenvalue weighted by Gasteiger charge is -2.09. The Morgan fingerprint density at radius 1 is 0.957 bits per heavy atom. The molecule has 0 saturated carbocycles. The second-order valence-electron chi connectivity index (χ2n) is 5.21. The van der Waals surface area contributed by atoms with Gasteiger partial charge in [-0.25, -0.2) is 4.98 Å². The van der Waals surface area contributed by atoms with Crippen molar-refractivity contribution in [3.8, 4) is 11.1 Å². The highest BCUT2D eigenvalue weighted by Gasteiger charge is 2.08. The van der Waals surface area contributed by atoms with Gasteiger partial charge in [0, 0.05) is 33.9 Å². The number of furan rings is 1. The van der Waals surface area contributed by atoms with Crippen LogP contribution in [0.5, 0.6) is 0 Å². The van der Waals surface area contributed by atoms with Gasteiger partial charge in [0.15, 0.2) is 0 Å². The zero-order chi connectivity index (χ0) is 15.5. The molecule has 4 aromatic rings. The summed E-state index contributed by atoms with van der Waals surface area (Å²) in [6.07, 6.45) is 3.47. The summed E-state index contributed by atoms with van der Waals surface area (Å²) in [6.45, 7) is 0. The number of rotatable bonds is 4. The molecule has 0 unspecified atom stereocenters. The number of fused-ring (bicyclic) bond motifs is 1. The molecular formula is C20H14NOS. The predicted molar refractivity (Wildman–Crippen MR) is 94.3 cm³/mol. The summed E-state index contributed by atoms with van der Waals surface area (Å²) >= 11 is 1.83. The summed E-state index contributed by atoms with van der Waals surface area (Å²) in [4.78, 5) is 5.60. The largest absolute Gasteiger partial charge is 0.446 e. The first-order valence-corrected chi connectivity index (χ1v) is 8.40. The fourth-order valence-electron chi connectivity index (χ4n) is 2.48. The number of hydrogen-bond acceptors (Lipinski definition) is 3. The van der Waals surface area contributed by atoms with Crippen molar-refractivity contribution in [2.24, 2.45) is 0 Å². The molecule has 0 fully saturated rings. The lowest BCUT2D eigenvalue weighted by atomic mass is 10.1. The number of benzene rings is 2. The molecule has 0 saturated heterocycles. The standard InChI is InChI=1S/C20H14NOS/c1-2-6-15(7-3-1)14-23-19-9-5-4-8-18(19)17-12-16-10-11-22-20(16)21-13-17/h1-11,13H,14H2. The lowest BCUT2D eigenvalue weighted by molar-refractivity contribution is 0.603. The van der Waals surface area contributed by atoms with Gasteiger partial charge in [-0.1, -0.05) is 48.5 Å². The molecule has 23 heavy (non-hydrogen) atoms. The molecule has 0 amide bonds. The van der Waals surface area contributed by atoms with Gasteiger partial charge in [-0.3, -0.25) is 0 Å². The summed E-state index contributed by atoms with van der Waals surface area (Å²) < 4.78 is 5.30. The third-order valence-corrected chi connectivity index (χ3v) is 4.78. The SMILES string of the molecule is [c]1c(-c2ccccc2SCc2ccccc2)cnc2occc12. The highest BCUT2D eigenvalue weighted by Crippen LogP contribution is 2.33. The Morgan fingerprint density at radius 3 is 2.70 bits per heavy atom. The van der Waals surface area contributed by atoms with E-state index in [0.717, 1.165) is 22.3 Å². The molecular weight excluding hydrogens is 302 g/mol. The smallest absolute Gasteiger partial charge is 0.226 e. The van der Waals surface area contributed by atoms with Gasteiger partial charge in [-0.05, 0) is 23.3 Å². The van der Waals surface area contributed by atoms with Crippen LogP contribution in [-0.2, 0) is 5.75 Å². The Labute approximate surface area is 139 Å². The van der Waals surface area contributed by atoms with Crippen LogP contribution in [0.2, 0.25) is 0 Å². The third-order valence-electron chi connectivity index (χ3n) is 3.64. The maximum atomic E-state index is 5.30. The molecule has 0 aliphatic heterocycles. The van der Waals surface area contributed by atoms with Crippen molar-refractivity contribution in [3.05, 3.63) is 84.8 Å². The van der Waals surface area contributed by atoms with E-state index in [-0.39, 0.29) is 0 Å². The van der Waals surface area contributed by atoms with Crippen molar-refractivity contribution in [1.82, 2.24) is 4.98 Å². The van der Waals surface area contributed by atoms with Gasteiger partial charge in [0.25, 0.3) is 0 Å². The minimum absolute atomic E-state index is 0.628. The zero-order valence-electron chi connectivity index (χ0n) is 12.4. The average Bonchev–Trinajstić information content (AvgIpc) is 3.09. The van der Waals surface area contributed by atoms with E-state index < -0.39 is 0 Å². The topological polar surface area (TPSA) is 26.0 Å². The van der Waals surface area contributed by atoms with Crippen LogP contribution in [0.15, 0.2) is 82.4 Å². The van der Waals surface area contributed by atoms with Crippen molar-refractivity contribution in [2.45, 2.75) is 10.6 Å². The second kappa shape index (κ2) is 6.31. The van der Waals surface area contributed by atoms with Crippen LogP contribution < -0.4 is 0 Å². The molecule has 2 heterocycles. The van der Waals surface area contributed by atoms with E-state index in [0.29, 0.717) is 5.71 Å².